The number of anilines is 1. The Kier molecular flexibility index (Phi) is 6.34. The normalized spacial score (nSPS) is 16.4. The fourth-order valence-electron chi connectivity index (χ4n) is 4.58. The zero-order valence-corrected chi connectivity index (χ0v) is 18.9. The Morgan fingerprint density at radius 1 is 0.912 bits per heavy atom. The third-order valence-corrected chi connectivity index (χ3v) is 6.49. The van der Waals surface area contributed by atoms with Crippen LogP contribution in [0.15, 0.2) is 60.8 Å². The van der Waals surface area contributed by atoms with Gasteiger partial charge < -0.3 is 9.80 Å². The lowest BCUT2D eigenvalue weighted by Crippen LogP contribution is -2.36. The van der Waals surface area contributed by atoms with Gasteiger partial charge in [0, 0.05) is 37.9 Å². The van der Waals surface area contributed by atoms with E-state index in [4.69, 9.17) is 4.98 Å². The lowest BCUT2D eigenvalue weighted by atomic mass is 9.98. The van der Waals surface area contributed by atoms with Crippen molar-refractivity contribution < 1.29 is 13.6 Å². The molecule has 0 unspecified atom stereocenters. The van der Waals surface area contributed by atoms with Crippen LogP contribution in [0.1, 0.15) is 41.6 Å². The average Bonchev–Trinajstić information content (AvgIpc) is 2.89. The highest BCUT2D eigenvalue weighted by molar-refractivity contribution is 6.00. The smallest absolute Gasteiger partial charge is 0.257 e. The fraction of sp³-hybridized carbons (Fsp3) is 0.296. The molecule has 1 saturated heterocycles. The van der Waals surface area contributed by atoms with Crippen molar-refractivity contribution in [2.75, 3.05) is 31.1 Å². The first-order valence-electron chi connectivity index (χ1n) is 11.7. The third kappa shape index (κ3) is 4.55. The zero-order valence-electron chi connectivity index (χ0n) is 18.9. The molecule has 34 heavy (non-hydrogen) atoms. The molecule has 1 fully saturated rings. The van der Waals surface area contributed by atoms with Gasteiger partial charge >= 0.3 is 0 Å². The summed E-state index contributed by atoms with van der Waals surface area (Å²) in [7, 11) is 0. The SMILES string of the molecule is O=C(c1cnc(N2CCCCC2)nc1-c1ccccc1F)N1CC=C(c2ccc(F)cc2)CC1. The summed E-state index contributed by atoms with van der Waals surface area (Å²) in [6.45, 7) is 2.63. The van der Waals surface area contributed by atoms with Gasteiger partial charge in [0.05, 0.1) is 11.3 Å². The van der Waals surface area contributed by atoms with Crippen molar-refractivity contribution in [2.24, 2.45) is 0 Å². The number of halogens is 2. The first-order chi connectivity index (χ1) is 16.6. The molecule has 5 rings (SSSR count). The van der Waals surface area contributed by atoms with Gasteiger partial charge in [-0.05, 0) is 61.1 Å². The van der Waals surface area contributed by atoms with Crippen LogP contribution in [0.3, 0.4) is 0 Å². The van der Waals surface area contributed by atoms with E-state index in [2.05, 4.69) is 9.88 Å². The van der Waals surface area contributed by atoms with E-state index in [0.29, 0.717) is 42.3 Å². The summed E-state index contributed by atoms with van der Waals surface area (Å²) in [5, 5.41) is 0. The minimum atomic E-state index is -0.419. The molecule has 174 valence electrons. The summed E-state index contributed by atoms with van der Waals surface area (Å²) in [5.74, 6) is -0.382. The van der Waals surface area contributed by atoms with Crippen LogP contribution in [0.2, 0.25) is 0 Å². The van der Waals surface area contributed by atoms with E-state index in [9.17, 15) is 13.6 Å². The van der Waals surface area contributed by atoms with E-state index >= 15 is 0 Å². The second-order valence-corrected chi connectivity index (χ2v) is 8.70. The molecule has 1 aromatic heterocycles. The maximum Gasteiger partial charge on any atom is 0.257 e. The van der Waals surface area contributed by atoms with E-state index in [-0.39, 0.29) is 11.7 Å². The molecule has 0 saturated carbocycles. The third-order valence-electron chi connectivity index (χ3n) is 6.49. The Bertz CT molecular complexity index is 1220. The summed E-state index contributed by atoms with van der Waals surface area (Å²) >= 11 is 0. The van der Waals surface area contributed by atoms with Gasteiger partial charge in [0.2, 0.25) is 5.95 Å². The van der Waals surface area contributed by atoms with Crippen molar-refractivity contribution in [1.82, 2.24) is 14.9 Å². The van der Waals surface area contributed by atoms with Crippen LogP contribution in [-0.2, 0) is 0 Å². The van der Waals surface area contributed by atoms with Crippen LogP contribution >= 0.6 is 0 Å². The van der Waals surface area contributed by atoms with Crippen LogP contribution in [0.4, 0.5) is 14.7 Å². The molecule has 3 aromatic rings. The lowest BCUT2D eigenvalue weighted by molar-refractivity contribution is 0.0773. The van der Waals surface area contributed by atoms with Crippen molar-refractivity contribution >= 4 is 17.4 Å². The molecule has 1 amide bonds. The van der Waals surface area contributed by atoms with Crippen molar-refractivity contribution in [1.29, 1.82) is 0 Å². The molecule has 3 heterocycles. The molecule has 0 aliphatic carbocycles. The first-order valence-corrected chi connectivity index (χ1v) is 11.7. The molecule has 2 aliphatic heterocycles. The van der Waals surface area contributed by atoms with Gasteiger partial charge in [-0.2, -0.15) is 0 Å². The van der Waals surface area contributed by atoms with Crippen molar-refractivity contribution in [2.45, 2.75) is 25.7 Å². The van der Waals surface area contributed by atoms with Crippen molar-refractivity contribution in [3.63, 3.8) is 0 Å². The minimum absolute atomic E-state index is 0.224. The predicted molar refractivity (Wildman–Crippen MR) is 128 cm³/mol. The highest BCUT2D eigenvalue weighted by Gasteiger charge is 2.26. The number of aromatic nitrogens is 2. The van der Waals surface area contributed by atoms with E-state index < -0.39 is 5.82 Å². The van der Waals surface area contributed by atoms with Crippen LogP contribution in [0, 0.1) is 11.6 Å². The van der Waals surface area contributed by atoms with Crippen molar-refractivity contribution in [3.05, 3.63) is 83.6 Å². The van der Waals surface area contributed by atoms with Gasteiger partial charge in [-0.3, -0.25) is 4.79 Å². The Morgan fingerprint density at radius 2 is 1.68 bits per heavy atom. The maximum absolute atomic E-state index is 14.8. The molecule has 0 atom stereocenters. The largest absolute Gasteiger partial charge is 0.341 e. The van der Waals surface area contributed by atoms with E-state index in [1.165, 1.54) is 24.6 Å². The van der Waals surface area contributed by atoms with Crippen LogP contribution in [-0.4, -0.2) is 47.0 Å². The van der Waals surface area contributed by atoms with Crippen LogP contribution < -0.4 is 4.90 Å². The second-order valence-electron chi connectivity index (χ2n) is 8.70. The fourth-order valence-corrected chi connectivity index (χ4v) is 4.58. The van der Waals surface area contributed by atoms with Gasteiger partial charge in [0.1, 0.15) is 11.6 Å². The molecule has 0 radical (unpaired) electrons. The Balaban J connectivity index is 1.45. The number of amides is 1. The van der Waals surface area contributed by atoms with E-state index in [1.54, 1.807) is 41.4 Å². The summed E-state index contributed by atoms with van der Waals surface area (Å²) in [5.41, 5.74) is 2.95. The molecule has 0 spiro atoms. The van der Waals surface area contributed by atoms with E-state index in [0.717, 1.165) is 37.1 Å². The van der Waals surface area contributed by atoms with Gasteiger partial charge in [0.25, 0.3) is 5.91 Å². The number of rotatable bonds is 4. The molecular weight excluding hydrogens is 434 g/mol. The molecule has 2 aromatic carbocycles. The molecule has 0 bridgehead atoms. The number of piperidine rings is 1. The van der Waals surface area contributed by atoms with Crippen LogP contribution in [0.25, 0.3) is 16.8 Å². The minimum Gasteiger partial charge on any atom is -0.341 e. The van der Waals surface area contributed by atoms with Gasteiger partial charge in [-0.1, -0.05) is 30.3 Å². The van der Waals surface area contributed by atoms with Gasteiger partial charge in [-0.25, -0.2) is 18.7 Å². The first kappa shape index (κ1) is 22.2. The van der Waals surface area contributed by atoms with Crippen molar-refractivity contribution in [3.8, 4) is 11.3 Å². The zero-order chi connectivity index (χ0) is 23.5. The highest BCUT2D eigenvalue weighted by Crippen LogP contribution is 2.29. The standard InChI is InChI=1S/C27H26F2N4O/c28-21-10-8-19(9-11-21)20-12-16-32(17-13-20)26(34)23-18-30-27(33-14-4-1-5-15-33)31-25(23)22-6-2-3-7-24(22)29/h2-3,6-12,18H,1,4-5,13-17H2. The number of carbonyl (C=O) groups is 1. The number of nitrogens with zero attached hydrogens (tertiary/aromatic N) is 4. The van der Waals surface area contributed by atoms with Crippen LogP contribution in [0.5, 0.6) is 0 Å². The molecule has 5 nitrogen and oxygen atoms in total. The molecular formula is C27H26F2N4O. The van der Waals surface area contributed by atoms with Gasteiger partial charge in [-0.15, -0.1) is 0 Å². The summed E-state index contributed by atoms with van der Waals surface area (Å²) in [6.07, 6.45) is 7.49. The summed E-state index contributed by atoms with van der Waals surface area (Å²) in [4.78, 5) is 26.5. The number of hydrogen-bond donors (Lipinski definition) is 0. The van der Waals surface area contributed by atoms with E-state index in [1.807, 2.05) is 6.08 Å². The monoisotopic (exact) mass is 460 g/mol. The summed E-state index contributed by atoms with van der Waals surface area (Å²) in [6, 6.07) is 12.8. The Labute approximate surface area is 197 Å². The second kappa shape index (κ2) is 9.71. The highest BCUT2D eigenvalue weighted by atomic mass is 19.1. The lowest BCUT2D eigenvalue weighted by Gasteiger charge is -2.29. The molecule has 7 heteroatoms. The molecule has 0 N–H and O–H groups in total. The number of hydrogen-bond acceptors (Lipinski definition) is 4. The molecule has 2 aliphatic rings. The quantitative estimate of drug-likeness (QED) is 0.527. The maximum atomic E-state index is 14.8. The Morgan fingerprint density at radius 3 is 2.38 bits per heavy atom. The Hall–Kier alpha value is -3.61. The topological polar surface area (TPSA) is 49.3 Å². The predicted octanol–water partition coefficient (Wildman–Crippen LogP) is 5.34. The number of carbonyl (C=O) groups excluding carboxylic acids is 1. The average molecular weight is 461 g/mol. The van der Waals surface area contributed by atoms with Gasteiger partial charge in [0.15, 0.2) is 0 Å². The number of benzene rings is 2. The summed E-state index contributed by atoms with van der Waals surface area (Å²) < 4.78 is 28.0.